The number of hydrogen-bond acceptors (Lipinski definition) is 24. The van der Waals surface area contributed by atoms with Gasteiger partial charge in [-0.3, -0.25) is 4.79 Å². The van der Waals surface area contributed by atoms with E-state index in [9.17, 15) is 61.0 Å². The molecule has 0 bridgehead atoms. The van der Waals surface area contributed by atoms with E-state index in [0.717, 1.165) is 64.2 Å². The van der Waals surface area contributed by atoms with Crippen LogP contribution >= 0.6 is 0 Å². The summed E-state index contributed by atoms with van der Waals surface area (Å²) < 4.78 is 71.0. The topological polar surface area (TPSA) is 350 Å². The summed E-state index contributed by atoms with van der Waals surface area (Å²) in [6.45, 7) is 7.34. The van der Waals surface area contributed by atoms with Gasteiger partial charge in [-0.15, -0.1) is 0 Å². The summed E-state index contributed by atoms with van der Waals surface area (Å²) in [6.07, 6.45) is -26.4. The maximum atomic E-state index is 12.0. The highest BCUT2D eigenvalue weighted by molar-refractivity contribution is 5.68. The van der Waals surface area contributed by atoms with Crippen molar-refractivity contribution in [3.63, 3.8) is 0 Å². The highest BCUT2D eigenvalue weighted by Gasteiger charge is 2.56. The summed E-state index contributed by atoms with van der Waals surface area (Å²) in [5, 5.41) is 121. The van der Waals surface area contributed by atoms with Crippen molar-refractivity contribution in [1.82, 2.24) is 0 Å². The molecule has 11 N–H and O–H groups in total. The Morgan fingerprint density at radius 3 is 1.50 bits per heavy atom. The van der Waals surface area contributed by atoms with E-state index >= 15 is 0 Å². The lowest BCUT2D eigenvalue weighted by molar-refractivity contribution is -0.400. The average Bonchev–Trinajstić information content (AvgIpc) is 3.35. The van der Waals surface area contributed by atoms with Gasteiger partial charge in [0.2, 0.25) is 0 Å². The maximum Gasteiger partial charge on any atom is 0.305 e. The monoisotopic (exact) mass is 1050 g/mol. The van der Waals surface area contributed by atoms with Crippen LogP contribution in [-0.4, -0.2) is 243 Å². The SMILES string of the molecule is CCCCC[C@@H](CCCCCCCCCC(=O)OC)O[C@@H]1O[C@H](C)[C@H](O)[C@H](O)[C@H]1O[C@@H]1O[C@@H](C)[C@H](O[C@@H]2O[C@@H](C)[C@H](O[C@@H]3O[C@@H](C)[C@H](O)[C@@H](O)[C@H]3O)[C@@H](O[C@@H]3O[C@H](CO)[C@@H](O)[C@H](O)[C@H]3OC)[C@H]2O)[C@@H](O)[C@H]1O. The van der Waals surface area contributed by atoms with Gasteiger partial charge in [-0.1, -0.05) is 64.7 Å². The summed E-state index contributed by atoms with van der Waals surface area (Å²) in [5.41, 5.74) is 0. The van der Waals surface area contributed by atoms with Crippen LogP contribution in [-0.2, 0) is 61.6 Å². The van der Waals surface area contributed by atoms with Crippen LogP contribution in [0.2, 0.25) is 0 Å². The van der Waals surface area contributed by atoms with Crippen molar-refractivity contribution >= 4 is 5.97 Å². The number of carbonyl (C=O) groups excluding carboxylic acids is 1. The first-order valence-corrected chi connectivity index (χ1v) is 25.8. The molecule has 0 aromatic rings. The summed E-state index contributed by atoms with van der Waals surface area (Å²) in [6, 6.07) is 0. The van der Waals surface area contributed by atoms with Crippen molar-refractivity contribution in [3.8, 4) is 0 Å². The third-order valence-electron chi connectivity index (χ3n) is 14.5. The van der Waals surface area contributed by atoms with Gasteiger partial charge in [0.05, 0.1) is 44.2 Å². The van der Waals surface area contributed by atoms with Crippen LogP contribution in [0, 0.1) is 0 Å². The summed E-state index contributed by atoms with van der Waals surface area (Å²) in [7, 11) is 2.59. The Bertz CT molecular complexity index is 1550. The maximum absolute atomic E-state index is 12.0. The molecule has 0 aromatic heterocycles. The van der Waals surface area contributed by atoms with Gasteiger partial charge in [-0.25, -0.2) is 0 Å². The molecule has 5 fully saturated rings. The Morgan fingerprint density at radius 2 is 0.903 bits per heavy atom. The molecular formula is C48H86O24. The van der Waals surface area contributed by atoms with Crippen LogP contribution in [0.4, 0.5) is 0 Å². The molecule has 5 aliphatic heterocycles. The van der Waals surface area contributed by atoms with E-state index in [1.54, 1.807) is 6.92 Å². The van der Waals surface area contributed by atoms with Gasteiger partial charge in [0, 0.05) is 13.5 Å². The number of unbranched alkanes of at least 4 members (excludes halogenated alkanes) is 8. The standard InChI is InChI=1S/C48H86O24/c1-8-9-15-18-26(19-16-13-11-10-12-14-17-20-28(50)61-6)67-48-43(33(55)30(52)23(3)64-48)72-45-37(59)35(57)39(24(4)65-45)69-46-38(60)41(71-47-42(62-7)34(56)31(53)27(21-49)68-47)40(25(5)66-46)70-44-36(58)32(54)29(51)22(2)63-44/h22-27,29-49,51-60H,8-21H2,1-7H3/t22-,23+,24-,25-,26-,27+,29-,30-,31+,32+,33-,34-,35-,36+,37+,38+,39-,40-,41-,42+,43+,44-,45-,46-,47-,48-/m0/s1. The highest BCUT2D eigenvalue weighted by atomic mass is 16.8. The Kier molecular flexibility index (Phi) is 25.1. The summed E-state index contributed by atoms with van der Waals surface area (Å²) in [4.78, 5) is 11.4. The molecule has 26 atom stereocenters. The molecule has 0 spiro atoms. The Morgan fingerprint density at radius 1 is 0.444 bits per heavy atom. The quantitative estimate of drug-likeness (QED) is 0.0347. The van der Waals surface area contributed by atoms with Gasteiger partial charge < -0.3 is 113 Å². The Labute approximate surface area is 421 Å². The van der Waals surface area contributed by atoms with Crippen LogP contribution < -0.4 is 0 Å². The normalized spacial score (nSPS) is 44.4. The molecule has 5 saturated heterocycles. The molecule has 0 aromatic carbocycles. The smallest absolute Gasteiger partial charge is 0.305 e. The van der Waals surface area contributed by atoms with Gasteiger partial charge in [0.15, 0.2) is 31.5 Å². The van der Waals surface area contributed by atoms with Crippen molar-refractivity contribution in [2.75, 3.05) is 20.8 Å². The number of ether oxygens (including phenoxy) is 12. The van der Waals surface area contributed by atoms with E-state index in [1.807, 2.05) is 0 Å². The zero-order valence-electron chi connectivity index (χ0n) is 42.6. The second-order valence-electron chi connectivity index (χ2n) is 19.9. The molecule has 0 unspecified atom stereocenters. The lowest BCUT2D eigenvalue weighted by Crippen LogP contribution is -2.67. The van der Waals surface area contributed by atoms with Gasteiger partial charge in [-0.05, 0) is 47.0 Å². The van der Waals surface area contributed by atoms with Gasteiger partial charge >= 0.3 is 5.97 Å². The van der Waals surface area contributed by atoms with E-state index in [0.29, 0.717) is 19.3 Å². The van der Waals surface area contributed by atoms with Crippen LogP contribution in [0.3, 0.4) is 0 Å². The zero-order chi connectivity index (χ0) is 53.0. The minimum absolute atomic E-state index is 0.203. The second-order valence-corrected chi connectivity index (χ2v) is 19.9. The number of esters is 1. The molecule has 0 amide bonds. The van der Waals surface area contributed by atoms with E-state index in [-0.39, 0.29) is 12.1 Å². The van der Waals surface area contributed by atoms with Crippen molar-refractivity contribution in [3.05, 3.63) is 0 Å². The number of rotatable bonds is 26. The number of hydrogen-bond donors (Lipinski definition) is 11. The summed E-state index contributed by atoms with van der Waals surface area (Å²) >= 11 is 0. The molecular weight excluding hydrogens is 961 g/mol. The number of aliphatic hydroxyl groups excluding tert-OH is 11. The minimum atomic E-state index is -1.89. The molecule has 5 aliphatic rings. The van der Waals surface area contributed by atoms with Crippen LogP contribution in [0.1, 0.15) is 118 Å². The third-order valence-corrected chi connectivity index (χ3v) is 14.5. The third kappa shape index (κ3) is 15.6. The van der Waals surface area contributed by atoms with Crippen molar-refractivity contribution < 1.29 is 118 Å². The van der Waals surface area contributed by atoms with Gasteiger partial charge in [0.1, 0.15) is 97.7 Å². The summed E-state index contributed by atoms with van der Waals surface area (Å²) in [5.74, 6) is -0.203. The molecule has 422 valence electrons. The first kappa shape index (κ1) is 61.4. The van der Waals surface area contributed by atoms with Gasteiger partial charge in [-0.2, -0.15) is 0 Å². The number of aliphatic hydroxyl groups is 11. The molecule has 72 heavy (non-hydrogen) atoms. The van der Waals surface area contributed by atoms with Crippen LogP contribution in [0.25, 0.3) is 0 Å². The van der Waals surface area contributed by atoms with Crippen LogP contribution in [0.5, 0.6) is 0 Å². The first-order valence-electron chi connectivity index (χ1n) is 25.8. The Hall–Kier alpha value is -1.41. The average molecular weight is 1050 g/mol. The van der Waals surface area contributed by atoms with E-state index in [2.05, 4.69) is 6.92 Å². The van der Waals surface area contributed by atoms with E-state index in [4.69, 9.17) is 56.8 Å². The van der Waals surface area contributed by atoms with Crippen molar-refractivity contribution in [1.29, 1.82) is 0 Å². The molecule has 0 saturated carbocycles. The second kappa shape index (κ2) is 29.4. The predicted octanol–water partition coefficient (Wildman–Crippen LogP) is -1.50. The van der Waals surface area contributed by atoms with Gasteiger partial charge in [0.25, 0.3) is 0 Å². The lowest BCUT2D eigenvalue weighted by Gasteiger charge is -2.50. The number of carbonyl (C=O) groups is 1. The fourth-order valence-corrected chi connectivity index (χ4v) is 9.89. The Balaban J connectivity index is 1.27. The van der Waals surface area contributed by atoms with Crippen molar-refractivity contribution in [2.45, 2.75) is 278 Å². The number of methoxy groups -OCH3 is 2. The van der Waals surface area contributed by atoms with E-state index in [1.165, 1.54) is 35.0 Å². The first-order chi connectivity index (χ1) is 34.3. The zero-order valence-corrected chi connectivity index (χ0v) is 42.6. The minimum Gasteiger partial charge on any atom is -0.469 e. The largest absolute Gasteiger partial charge is 0.469 e. The molecule has 5 heterocycles. The van der Waals surface area contributed by atoms with Crippen molar-refractivity contribution in [2.24, 2.45) is 0 Å². The fourth-order valence-electron chi connectivity index (χ4n) is 9.89. The van der Waals surface area contributed by atoms with Crippen LogP contribution in [0.15, 0.2) is 0 Å². The lowest BCUT2D eigenvalue weighted by atomic mass is 9.95. The molecule has 24 heteroatoms. The highest BCUT2D eigenvalue weighted by Crippen LogP contribution is 2.37. The molecule has 24 nitrogen and oxygen atoms in total. The molecule has 5 rings (SSSR count). The molecule has 0 aliphatic carbocycles. The molecule has 0 radical (unpaired) electrons. The fraction of sp³-hybridized carbons (Fsp3) is 0.979. The predicted molar refractivity (Wildman–Crippen MR) is 246 cm³/mol. The van der Waals surface area contributed by atoms with E-state index < -0.39 is 160 Å².